The number of carboxylic acids is 2. The number of nitrogens with zero attached hydrogens (tertiary/aromatic N) is 1. The molecule has 17 nitrogen and oxygen atoms in total. The lowest BCUT2D eigenvalue weighted by atomic mass is 9.75. The highest BCUT2D eigenvalue weighted by Gasteiger charge is 2.35. The second kappa shape index (κ2) is 21.1. The summed E-state index contributed by atoms with van der Waals surface area (Å²) < 4.78 is 54.6. The van der Waals surface area contributed by atoms with Crippen molar-refractivity contribution in [3.8, 4) is 5.75 Å². The highest BCUT2D eigenvalue weighted by Crippen LogP contribution is 2.34. The second-order valence-electron chi connectivity index (χ2n) is 12.7. The number of aromatic nitrogens is 1. The fourth-order valence-electron chi connectivity index (χ4n) is 4.52. The summed E-state index contributed by atoms with van der Waals surface area (Å²) in [5, 5.41) is 23.1. The highest BCUT2D eigenvalue weighted by atomic mass is 32.2. The number of carboxylic acid groups (broad SMARTS) is 2. The maximum Gasteiger partial charge on any atom is 0.329 e. The molecule has 0 fully saturated rings. The Morgan fingerprint density at radius 1 is 0.765 bits per heavy atom. The Morgan fingerprint density at radius 3 is 1.92 bits per heavy atom. The van der Waals surface area contributed by atoms with Crippen LogP contribution in [0.25, 0.3) is 0 Å². The number of ether oxygens (including phenoxy) is 5. The molecule has 0 aliphatic carbocycles. The minimum atomic E-state index is -3.99. The lowest BCUT2D eigenvalue weighted by Crippen LogP contribution is -2.33. The van der Waals surface area contributed by atoms with Gasteiger partial charge in [0.15, 0.2) is 0 Å². The third-order valence-corrected chi connectivity index (χ3v) is 8.20. The Labute approximate surface area is 297 Å². The molecule has 1 heterocycles. The molecule has 0 bridgehead atoms. The van der Waals surface area contributed by atoms with Gasteiger partial charge in [-0.1, -0.05) is 13.8 Å². The minimum absolute atomic E-state index is 0.0140. The first-order valence-electron chi connectivity index (χ1n) is 16.0. The average Bonchev–Trinajstić information content (AvgIpc) is 3.06. The number of carbonyl (C=O) groups excluding carboxylic acids is 2. The molecule has 0 spiro atoms. The summed E-state index contributed by atoms with van der Waals surface area (Å²) >= 11 is 0. The first kappa shape index (κ1) is 42.8. The molecule has 2 rings (SSSR count). The quantitative estimate of drug-likeness (QED) is 0.0865. The van der Waals surface area contributed by atoms with Crippen LogP contribution < -0.4 is 20.1 Å². The molecule has 0 aliphatic rings. The van der Waals surface area contributed by atoms with Crippen molar-refractivity contribution in [2.45, 2.75) is 39.0 Å². The van der Waals surface area contributed by atoms with Crippen LogP contribution >= 0.6 is 0 Å². The van der Waals surface area contributed by atoms with Gasteiger partial charge in [0, 0.05) is 19.3 Å². The van der Waals surface area contributed by atoms with E-state index in [-0.39, 0.29) is 88.1 Å². The van der Waals surface area contributed by atoms with E-state index in [1.165, 1.54) is 42.6 Å². The summed E-state index contributed by atoms with van der Waals surface area (Å²) in [5.41, 5.74) is -1.16. The van der Waals surface area contributed by atoms with Crippen LogP contribution in [0.5, 0.6) is 5.75 Å². The number of carbonyl (C=O) groups is 4. The van der Waals surface area contributed by atoms with Gasteiger partial charge in [0.2, 0.25) is 5.91 Å². The highest BCUT2D eigenvalue weighted by molar-refractivity contribution is 7.92. The molecule has 0 saturated carbocycles. The molecule has 0 saturated heterocycles. The SMILES string of the molecule is CC(C)(COc1ccc(S(=O)(=O)Nc2ccc(C(=O)NCCOCCOCC(=O)NCCOCCOCC(=O)O)cn2)cc1)CC(C)(C)C(=O)O. The zero-order valence-electron chi connectivity index (χ0n) is 29.3. The van der Waals surface area contributed by atoms with E-state index in [4.69, 9.17) is 28.8 Å². The van der Waals surface area contributed by atoms with E-state index in [9.17, 15) is 32.7 Å². The molecule has 0 unspecified atom stereocenters. The lowest BCUT2D eigenvalue weighted by molar-refractivity contribution is -0.149. The molecule has 0 aliphatic heterocycles. The molecule has 5 N–H and O–H groups in total. The molecule has 284 valence electrons. The fourth-order valence-corrected chi connectivity index (χ4v) is 5.53. The van der Waals surface area contributed by atoms with Crippen LogP contribution in [0.2, 0.25) is 0 Å². The zero-order valence-corrected chi connectivity index (χ0v) is 30.1. The number of nitrogens with one attached hydrogen (secondary N) is 3. The maximum atomic E-state index is 12.9. The van der Waals surface area contributed by atoms with Crippen LogP contribution in [0.1, 0.15) is 44.5 Å². The van der Waals surface area contributed by atoms with Gasteiger partial charge in [-0.3, -0.25) is 19.1 Å². The molecule has 2 amide bonds. The standard InChI is InChI=1S/C33H48N4O13S/c1-32(2,22-33(3,4)31(42)43)23-50-25-6-8-26(9-7-25)51(44,45)37-27-10-5-24(19-36-27)30(41)35-12-14-47-15-17-48-20-28(38)34-11-13-46-16-18-49-21-29(39)40/h5-10,19H,11-18,20-23H2,1-4H3,(H,34,38)(H,35,41)(H,36,37)(H,39,40)(H,42,43). The van der Waals surface area contributed by atoms with Crippen molar-refractivity contribution in [2.75, 3.05) is 77.3 Å². The molecule has 0 radical (unpaired) electrons. The van der Waals surface area contributed by atoms with Gasteiger partial charge in [-0.15, -0.1) is 0 Å². The molecular formula is C33H48N4O13S. The van der Waals surface area contributed by atoms with Crippen molar-refractivity contribution in [3.05, 3.63) is 48.2 Å². The predicted molar refractivity (Wildman–Crippen MR) is 183 cm³/mol. The van der Waals surface area contributed by atoms with Crippen LogP contribution in [0.3, 0.4) is 0 Å². The minimum Gasteiger partial charge on any atom is -0.493 e. The molecular weight excluding hydrogens is 692 g/mol. The van der Waals surface area contributed by atoms with Gasteiger partial charge < -0.3 is 44.5 Å². The van der Waals surface area contributed by atoms with Gasteiger partial charge >= 0.3 is 11.9 Å². The van der Waals surface area contributed by atoms with E-state index in [0.717, 1.165) is 0 Å². The number of amides is 2. The maximum absolute atomic E-state index is 12.9. The van der Waals surface area contributed by atoms with E-state index >= 15 is 0 Å². The van der Waals surface area contributed by atoms with Gasteiger partial charge in [-0.05, 0) is 62.1 Å². The summed E-state index contributed by atoms with van der Waals surface area (Å²) in [6.45, 7) is 8.36. The summed E-state index contributed by atoms with van der Waals surface area (Å²) in [7, 11) is -3.99. The van der Waals surface area contributed by atoms with E-state index < -0.39 is 45.3 Å². The van der Waals surface area contributed by atoms with Crippen molar-refractivity contribution in [1.29, 1.82) is 0 Å². The van der Waals surface area contributed by atoms with Crippen LogP contribution in [0.4, 0.5) is 5.82 Å². The smallest absolute Gasteiger partial charge is 0.329 e. The van der Waals surface area contributed by atoms with E-state index in [1.807, 2.05) is 13.8 Å². The molecule has 0 atom stereocenters. The van der Waals surface area contributed by atoms with Crippen LogP contribution in [-0.2, 0) is 43.4 Å². The molecule has 1 aromatic carbocycles. The Morgan fingerprint density at radius 2 is 1.35 bits per heavy atom. The summed E-state index contributed by atoms with van der Waals surface area (Å²) in [6, 6.07) is 8.57. The summed E-state index contributed by atoms with van der Waals surface area (Å²) in [6.07, 6.45) is 1.62. The Hall–Kier alpha value is -4.36. The van der Waals surface area contributed by atoms with Crippen molar-refractivity contribution in [2.24, 2.45) is 10.8 Å². The van der Waals surface area contributed by atoms with Crippen molar-refractivity contribution >= 4 is 39.6 Å². The van der Waals surface area contributed by atoms with Crippen molar-refractivity contribution < 1.29 is 61.5 Å². The lowest BCUT2D eigenvalue weighted by Gasteiger charge is -2.31. The van der Waals surface area contributed by atoms with E-state index in [1.54, 1.807) is 13.8 Å². The number of anilines is 1. The molecule has 51 heavy (non-hydrogen) atoms. The Bertz CT molecular complexity index is 1520. The van der Waals surface area contributed by atoms with Crippen molar-refractivity contribution in [3.63, 3.8) is 0 Å². The van der Waals surface area contributed by atoms with Gasteiger partial charge in [-0.2, -0.15) is 0 Å². The normalized spacial score (nSPS) is 11.8. The van der Waals surface area contributed by atoms with Crippen LogP contribution in [0, 0.1) is 10.8 Å². The monoisotopic (exact) mass is 740 g/mol. The van der Waals surface area contributed by atoms with E-state index in [2.05, 4.69) is 20.3 Å². The number of sulfonamides is 1. The van der Waals surface area contributed by atoms with Gasteiger partial charge in [0.1, 0.15) is 24.8 Å². The van der Waals surface area contributed by atoms with Gasteiger partial charge in [0.25, 0.3) is 15.9 Å². The Balaban J connectivity index is 1.63. The van der Waals surface area contributed by atoms with Crippen LogP contribution in [0.15, 0.2) is 47.5 Å². The number of benzene rings is 1. The predicted octanol–water partition coefficient (Wildman–Crippen LogP) is 1.79. The summed E-state index contributed by atoms with van der Waals surface area (Å²) in [4.78, 5) is 49.9. The largest absolute Gasteiger partial charge is 0.493 e. The first-order chi connectivity index (χ1) is 24.0. The topological polar surface area (TPSA) is 238 Å². The molecule has 18 heteroatoms. The molecule has 1 aromatic heterocycles. The number of hydrogen-bond donors (Lipinski definition) is 5. The number of aliphatic carboxylic acids is 2. The van der Waals surface area contributed by atoms with Crippen molar-refractivity contribution in [1.82, 2.24) is 15.6 Å². The number of hydrogen-bond acceptors (Lipinski definition) is 12. The van der Waals surface area contributed by atoms with Crippen LogP contribution in [-0.4, -0.2) is 120 Å². The first-order valence-corrected chi connectivity index (χ1v) is 17.5. The van der Waals surface area contributed by atoms with Gasteiger partial charge in [-0.25, -0.2) is 18.2 Å². The third kappa shape index (κ3) is 17.4. The summed E-state index contributed by atoms with van der Waals surface area (Å²) in [5.74, 6) is -2.28. The second-order valence-corrected chi connectivity index (χ2v) is 14.3. The van der Waals surface area contributed by atoms with E-state index in [0.29, 0.717) is 12.2 Å². The number of rotatable bonds is 26. The number of pyridine rings is 1. The molecule has 2 aromatic rings. The third-order valence-electron chi connectivity index (χ3n) is 6.83. The Kier molecular flexibility index (Phi) is 17.7. The van der Waals surface area contributed by atoms with Gasteiger partial charge in [0.05, 0.1) is 62.1 Å². The average molecular weight is 741 g/mol. The fraction of sp³-hybridized carbons (Fsp3) is 0.545. The zero-order chi connectivity index (χ0) is 37.9.